The lowest BCUT2D eigenvalue weighted by molar-refractivity contribution is -0.153. The van der Waals surface area contributed by atoms with E-state index in [1.807, 2.05) is 0 Å². The maximum atomic E-state index is 13.2. The van der Waals surface area contributed by atoms with Gasteiger partial charge < -0.3 is 9.84 Å². The summed E-state index contributed by atoms with van der Waals surface area (Å²) in [6.45, 7) is 0.129. The Labute approximate surface area is 113 Å². The van der Waals surface area contributed by atoms with Crippen molar-refractivity contribution in [2.24, 2.45) is 5.92 Å². The third-order valence-corrected chi connectivity index (χ3v) is 2.72. The van der Waals surface area contributed by atoms with Crippen LogP contribution in [0.2, 0.25) is 0 Å². The molecule has 0 spiro atoms. The molecule has 0 radical (unpaired) electrons. The van der Waals surface area contributed by atoms with Crippen LogP contribution < -0.4 is 4.74 Å². The molecular formula is C13H14F4O3. The number of carboxylic acid groups (broad SMARTS) is 1. The van der Waals surface area contributed by atoms with E-state index >= 15 is 0 Å². The van der Waals surface area contributed by atoms with E-state index in [2.05, 4.69) is 4.74 Å². The normalized spacial score (nSPS) is 13.1. The van der Waals surface area contributed by atoms with Crippen molar-refractivity contribution in [2.75, 3.05) is 6.61 Å². The van der Waals surface area contributed by atoms with Gasteiger partial charge in [0, 0.05) is 0 Å². The number of alkyl halides is 3. The molecule has 1 aromatic carbocycles. The van der Waals surface area contributed by atoms with E-state index in [4.69, 9.17) is 5.11 Å². The SMILES string of the molecule is CCC(Cc1cc(F)ccc1OCC(F)(F)F)C(=O)O. The average molecular weight is 294 g/mol. The quantitative estimate of drug-likeness (QED) is 0.818. The zero-order valence-electron chi connectivity index (χ0n) is 10.7. The predicted octanol–water partition coefficient (Wildman–Crippen LogP) is 3.42. The second-order valence-corrected chi connectivity index (χ2v) is 4.30. The minimum atomic E-state index is -4.51. The molecule has 0 heterocycles. The molecular weight excluding hydrogens is 280 g/mol. The second-order valence-electron chi connectivity index (χ2n) is 4.30. The van der Waals surface area contributed by atoms with E-state index in [0.717, 1.165) is 18.2 Å². The van der Waals surface area contributed by atoms with Crippen LogP contribution in [0.25, 0.3) is 0 Å². The molecule has 112 valence electrons. The summed E-state index contributed by atoms with van der Waals surface area (Å²) in [6.07, 6.45) is -4.32. The molecule has 0 saturated carbocycles. The number of carbonyl (C=O) groups is 1. The van der Waals surface area contributed by atoms with Crippen molar-refractivity contribution in [2.45, 2.75) is 25.9 Å². The summed E-state index contributed by atoms with van der Waals surface area (Å²) in [5, 5.41) is 8.94. The summed E-state index contributed by atoms with van der Waals surface area (Å²) >= 11 is 0. The first kappa shape index (κ1) is 16.3. The standard InChI is InChI=1S/C13H14F4O3/c1-2-8(12(18)19)5-9-6-10(14)3-4-11(9)20-7-13(15,16)17/h3-4,6,8H,2,5,7H2,1H3,(H,18,19). The number of hydrogen-bond donors (Lipinski definition) is 1. The number of halogens is 4. The highest BCUT2D eigenvalue weighted by Gasteiger charge is 2.29. The third-order valence-electron chi connectivity index (χ3n) is 2.72. The minimum absolute atomic E-state index is 0.0865. The summed E-state index contributed by atoms with van der Waals surface area (Å²) in [7, 11) is 0. The Morgan fingerprint density at radius 1 is 1.40 bits per heavy atom. The average Bonchev–Trinajstić information content (AvgIpc) is 2.33. The fourth-order valence-corrected chi connectivity index (χ4v) is 1.68. The van der Waals surface area contributed by atoms with Gasteiger partial charge in [-0.3, -0.25) is 4.79 Å². The molecule has 0 bridgehead atoms. The molecule has 0 saturated heterocycles. The van der Waals surface area contributed by atoms with Crippen LogP contribution in [-0.4, -0.2) is 23.9 Å². The Morgan fingerprint density at radius 3 is 2.55 bits per heavy atom. The van der Waals surface area contributed by atoms with Gasteiger partial charge in [0.2, 0.25) is 0 Å². The van der Waals surface area contributed by atoms with Crippen LogP contribution in [0.5, 0.6) is 5.75 Å². The smallest absolute Gasteiger partial charge is 0.422 e. The van der Waals surface area contributed by atoms with Gasteiger partial charge in [0.05, 0.1) is 5.92 Å². The fraction of sp³-hybridized carbons (Fsp3) is 0.462. The van der Waals surface area contributed by atoms with E-state index < -0.39 is 30.5 Å². The zero-order valence-corrected chi connectivity index (χ0v) is 10.7. The van der Waals surface area contributed by atoms with E-state index in [0.29, 0.717) is 0 Å². The third kappa shape index (κ3) is 5.07. The lowest BCUT2D eigenvalue weighted by atomic mass is 9.96. The number of benzene rings is 1. The van der Waals surface area contributed by atoms with Gasteiger partial charge in [0.15, 0.2) is 6.61 Å². The van der Waals surface area contributed by atoms with E-state index in [1.165, 1.54) is 0 Å². The van der Waals surface area contributed by atoms with Gasteiger partial charge in [-0.15, -0.1) is 0 Å². The molecule has 1 rings (SSSR count). The van der Waals surface area contributed by atoms with Gasteiger partial charge in [0.25, 0.3) is 0 Å². The van der Waals surface area contributed by atoms with Gasteiger partial charge >= 0.3 is 12.1 Å². The molecule has 1 atom stereocenters. The van der Waals surface area contributed by atoms with Crippen LogP contribution >= 0.6 is 0 Å². The van der Waals surface area contributed by atoms with E-state index in [9.17, 15) is 22.4 Å². The van der Waals surface area contributed by atoms with Crippen LogP contribution in [0.15, 0.2) is 18.2 Å². The van der Waals surface area contributed by atoms with Crippen LogP contribution in [0, 0.1) is 11.7 Å². The van der Waals surface area contributed by atoms with Crippen molar-refractivity contribution in [1.82, 2.24) is 0 Å². The van der Waals surface area contributed by atoms with Crippen molar-refractivity contribution in [3.8, 4) is 5.75 Å². The molecule has 0 aliphatic heterocycles. The summed E-state index contributed by atoms with van der Waals surface area (Å²) in [5.41, 5.74) is 0.114. The summed E-state index contributed by atoms with van der Waals surface area (Å²) in [4.78, 5) is 10.9. The molecule has 0 aromatic heterocycles. The number of ether oxygens (including phenoxy) is 1. The van der Waals surface area contributed by atoms with Gasteiger partial charge in [-0.2, -0.15) is 13.2 Å². The number of hydrogen-bond acceptors (Lipinski definition) is 2. The summed E-state index contributed by atoms with van der Waals surface area (Å²) < 4.78 is 54.1. The Kier molecular flexibility index (Phi) is 5.35. The largest absolute Gasteiger partial charge is 0.484 e. The zero-order chi connectivity index (χ0) is 15.3. The predicted molar refractivity (Wildman–Crippen MR) is 63.1 cm³/mol. The van der Waals surface area contributed by atoms with Crippen molar-refractivity contribution >= 4 is 5.97 Å². The molecule has 0 amide bonds. The summed E-state index contributed by atoms with van der Waals surface area (Å²) in [5.74, 6) is -2.69. The van der Waals surface area contributed by atoms with Gasteiger partial charge in [-0.05, 0) is 36.6 Å². The molecule has 1 aromatic rings. The lowest BCUT2D eigenvalue weighted by Crippen LogP contribution is -2.21. The first-order valence-electron chi connectivity index (χ1n) is 5.93. The first-order chi connectivity index (χ1) is 9.23. The van der Waals surface area contributed by atoms with Gasteiger partial charge in [0.1, 0.15) is 11.6 Å². The molecule has 0 aliphatic carbocycles. The Hall–Kier alpha value is -1.79. The minimum Gasteiger partial charge on any atom is -0.484 e. The highest BCUT2D eigenvalue weighted by Crippen LogP contribution is 2.26. The van der Waals surface area contributed by atoms with Crippen LogP contribution in [0.1, 0.15) is 18.9 Å². The van der Waals surface area contributed by atoms with Crippen LogP contribution in [0.3, 0.4) is 0 Å². The molecule has 1 unspecified atom stereocenters. The Bertz CT molecular complexity index is 471. The van der Waals surface area contributed by atoms with Crippen LogP contribution in [-0.2, 0) is 11.2 Å². The molecule has 3 nitrogen and oxygen atoms in total. The molecule has 20 heavy (non-hydrogen) atoms. The monoisotopic (exact) mass is 294 g/mol. The van der Waals surface area contributed by atoms with Crippen molar-refractivity contribution in [3.63, 3.8) is 0 Å². The highest BCUT2D eigenvalue weighted by atomic mass is 19.4. The number of aliphatic carboxylic acids is 1. The van der Waals surface area contributed by atoms with E-state index in [-0.39, 0.29) is 24.2 Å². The lowest BCUT2D eigenvalue weighted by Gasteiger charge is -2.15. The maximum Gasteiger partial charge on any atom is 0.422 e. The highest BCUT2D eigenvalue weighted by molar-refractivity contribution is 5.70. The molecule has 0 aliphatic rings. The van der Waals surface area contributed by atoms with Crippen molar-refractivity contribution in [3.05, 3.63) is 29.6 Å². The van der Waals surface area contributed by atoms with Crippen molar-refractivity contribution in [1.29, 1.82) is 0 Å². The van der Waals surface area contributed by atoms with Crippen molar-refractivity contribution < 1.29 is 32.2 Å². The van der Waals surface area contributed by atoms with E-state index in [1.54, 1.807) is 6.92 Å². The number of rotatable bonds is 6. The number of carboxylic acids is 1. The summed E-state index contributed by atoms with van der Waals surface area (Å²) in [6, 6.07) is 3.04. The Morgan fingerprint density at radius 2 is 2.05 bits per heavy atom. The second kappa shape index (κ2) is 6.58. The topological polar surface area (TPSA) is 46.5 Å². The fourth-order valence-electron chi connectivity index (χ4n) is 1.68. The first-order valence-corrected chi connectivity index (χ1v) is 5.93. The van der Waals surface area contributed by atoms with Gasteiger partial charge in [-0.25, -0.2) is 4.39 Å². The Balaban J connectivity index is 2.92. The molecule has 7 heteroatoms. The van der Waals surface area contributed by atoms with Crippen LogP contribution in [0.4, 0.5) is 17.6 Å². The molecule has 0 fully saturated rings. The molecule has 1 N–H and O–H groups in total. The van der Waals surface area contributed by atoms with Gasteiger partial charge in [-0.1, -0.05) is 6.92 Å². The maximum absolute atomic E-state index is 13.2.